The van der Waals surface area contributed by atoms with Crippen molar-refractivity contribution < 1.29 is 0 Å². The fourth-order valence-corrected chi connectivity index (χ4v) is 2.63. The third-order valence-corrected chi connectivity index (χ3v) is 3.61. The first kappa shape index (κ1) is 13.0. The van der Waals surface area contributed by atoms with Crippen molar-refractivity contribution in [1.82, 2.24) is 9.97 Å². The van der Waals surface area contributed by atoms with Gasteiger partial charge in [-0.15, -0.1) is 0 Å². The molecule has 2 heteroatoms. The number of aromatic amines is 2. The monoisotopic (exact) mass is 244 g/mol. The zero-order valence-electron chi connectivity index (χ0n) is 12.1. The van der Waals surface area contributed by atoms with Crippen LogP contribution in [-0.4, -0.2) is 9.97 Å². The summed E-state index contributed by atoms with van der Waals surface area (Å²) in [5.41, 5.74) is 6.74. The van der Waals surface area contributed by atoms with Crippen molar-refractivity contribution in [2.45, 2.75) is 52.9 Å². The van der Waals surface area contributed by atoms with E-state index in [-0.39, 0.29) is 0 Å². The van der Waals surface area contributed by atoms with E-state index in [0.29, 0.717) is 11.8 Å². The van der Waals surface area contributed by atoms with Gasteiger partial charge in [0.2, 0.25) is 0 Å². The largest absolute Gasteiger partial charge is 0.365 e. The van der Waals surface area contributed by atoms with Gasteiger partial charge in [-0.05, 0) is 49.4 Å². The summed E-state index contributed by atoms with van der Waals surface area (Å²) in [5.74, 6) is 1.11. The van der Waals surface area contributed by atoms with Crippen LogP contribution in [0.1, 0.15) is 60.8 Å². The molecular weight excluding hydrogens is 220 g/mol. The van der Waals surface area contributed by atoms with Crippen LogP contribution >= 0.6 is 0 Å². The van der Waals surface area contributed by atoms with Crippen LogP contribution in [0.5, 0.6) is 0 Å². The molecule has 1 unspecified atom stereocenters. The van der Waals surface area contributed by atoms with Gasteiger partial charge in [-0.1, -0.05) is 20.8 Å². The molecule has 0 spiro atoms. The first-order valence-electron chi connectivity index (χ1n) is 6.80. The van der Waals surface area contributed by atoms with Crippen molar-refractivity contribution in [3.8, 4) is 0 Å². The molecule has 0 bridgehead atoms. The predicted molar refractivity (Wildman–Crippen MR) is 77.3 cm³/mol. The third-order valence-electron chi connectivity index (χ3n) is 3.61. The maximum atomic E-state index is 3.48. The minimum absolute atomic E-state index is 0.537. The summed E-state index contributed by atoms with van der Waals surface area (Å²) in [4.78, 5) is 6.86. The molecule has 2 aromatic heterocycles. The molecule has 2 heterocycles. The third kappa shape index (κ3) is 2.69. The average Bonchev–Trinajstić information content (AvgIpc) is 2.85. The number of hydrogen-bond donors (Lipinski definition) is 2. The van der Waals surface area contributed by atoms with Gasteiger partial charge in [0.1, 0.15) is 0 Å². The van der Waals surface area contributed by atoms with Crippen molar-refractivity contribution in [3.05, 3.63) is 46.5 Å². The SMILES string of the molecule is Cc1cc(C)c(C(C)Cc2c[nH]c(C(C)C)c2)[nH]1. The summed E-state index contributed by atoms with van der Waals surface area (Å²) in [6.45, 7) is 11.0. The molecule has 1 atom stereocenters. The van der Waals surface area contributed by atoms with Crippen LogP contribution in [0, 0.1) is 13.8 Å². The topological polar surface area (TPSA) is 31.6 Å². The van der Waals surface area contributed by atoms with Gasteiger partial charge in [-0.25, -0.2) is 0 Å². The Morgan fingerprint density at radius 3 is 2.33 bits per heavy atom. The minimum atomic E-state index is 0.537. The first-order valence-corrected chi connectivity index (χ1v) is 6.80. The van der Waals surface area contributed by atoms with E-state index >= 15 is 0 Å². The molecule has 98 valence electrons. The summed E-state index contributed by atoms with van der Waals surface area (Å²) < 4.78 is 0. The molecule has 2 rings (SSSR count). The summed E-state index contributed by atoms with van der Waals surface area (Å²) in [7, 11) is 0. The average molecular weight is 244 g/mol. The van der Waals surface area contributed by atoms with Crippen LogP contribution in [0.2, 0.25) is 0 Å². The first-order chi connectivity index (χ1) is 8.47. The van der Waals surface area contributed by atoms with E-state index in [1.807, 2.05) is 0 Å². The number of rotatable bonds is 4. The van der Waals surface area contributed by atoms with Crippen molar-refractivity contribution in [3.63, 3.8) is 0 Å². The summed E-state index contributed by atoms with van der Waals surface area (Å²) in [6.07, 6.45) is 3.24. The minimum Gasteiger partial charge on any atom is -0.365 e. The van der Waals surface area contributed by atoms with E-state index in [0.717, 1.165) is 6.42 Å². The van der Waals surface area contributed by atoms with E-state index in [1.165, 1.54) is 28.2 Å². The Hall–Kier alpha value is -1.44. The predicted octanol–water partition coefficient (Wildman–Crippen LogP) is 4.43. The Bertz CT molecular complexity index is 517. The number of nitrogens with one attached hydrogen (secondary N) is 2. The summed E-state index contributed by atoms with van der Waals surface area (Å²) in [5, 5.41) is 0. The molecule has 2 nitrogen and oxygen atoms in total. The van der Waals surface area contributed by atoms with Crippen LogP contribution in [0.3, 0.4) is 0 Å². The lowest BCUT2D eigenvalue weighted by Gasteiger charge is -2.10. The highest BCUT2D eigenvalue weighted by atomic mass is 14.7. The lowest BCUT2D eigenvalue weighted by atomic mass is 9.97. The molecule has 0 aliphatic carbocycles. The Labute approximate surface area is 110 Å². The van der Waals surface area contributed by atoms with Crippen molar-refractivity contribution in [2.24, 2.45) is 0 Å². The van der Waals surface area contributed by atoms with E-state index in [2.05, 4.69) is 62.9 Å². The molecule has 2 aromatic rings. The van der Waals surface area contributed by atoms with E-state index in [9.17, 15) is 0 Å². The van der Waals surface area contributed by atoms with Gasteiger partial charge in [-0.3, -0.25) is 0 Å². The normalized spacial score (nSPS) is 13.2. The quantitative estimate of drug-likeness (QED) is 0.797. The van der Waals surface area contributed by atoms with Crippen molar-refractivity contribution in [1.29, 1.82) is 0 Å². The molecule has 0 saturated carbocycles. The number of hydrogen-bond acceptors (Lipinski definition) is 0. The zero-order chi connectivity index (χ0) is 13.3. The molecule has 0 saturated heterocycles. The molecule has 18 heavy (non-hydrogen) atoms. The second-order valence-electron chi connectivity index (χ2n) is 5.77. The maximum Gasteiger partial charge on any atom is 0.0210 e. The Balaban J connectivity index is 2.11. The Morgan fingerprint density at radius 2 is 1.83 bits per heavy atom. The number of aryl methyl sites for hydroxylation is 2. The Kier molecular flexibility index (Phi) is 3.65. The molecule has 0 radical (unpaired) electrons. The van der Waals surface area contributed by atoms with Gasteiger partial charge in [0.25, 0.3) is 0 Å². The number of H-pyrrole nitrogens is 2. The molecule has 0 fully saturated rings. The summed E-state index contributed by atoms with van der Waals surface area (Å²) >= 11 is 0. The van der Waals surface area contributed by atoms with Gasteiger partial charge in [0.15, 0.2) is 0 Å². The fourth-order valence-electron chi connectivity index (χ4n) is 2.63. The van der Waals surface area contributed by atoms with Crippen molar-refractivity contribution >= 4 is 0 Å². The fraction of sp³-hybridized carbons (Fsp3) is 0.500. The Morgan fingerprint density at radius 1 is 1.11 bits per heavy atom. The van der Waals surface area contributed by atoms with Crippen molar-refractivity contribution in [2.75, 3.05) is 0 Å². The van der Waals surface area contributed by atoms with Crippen LogP contribution < -0.4 is 0 Å². The lowest BCUT2D eigenvalue weighted by molar-refractivity contribution is 0.729. The zero-order valence-corrected chi connectivity index (χ0v) is 12.1. The molecule has 0 aliphatic heterocycles. The van der Waals surface area contributed by atoms with E-state index in [4.69, 9.17) is 0 Å². The molecule has 0 aromatic carbocycles. The molecular formula is C16H24N2. The summed E-state index contributed by atoms with van der Waals surface area (Å²) in [6, 6.07) is 4.52. The highest BCUT2D eigenvalue weighted by Crippen LogP contribution is 2.24. The lowest BCUT2D eigenvalue weighted by Crippen LogP contribution is -2.00. The van der Waals surface area contributed by atoms with Gasteiger partial charge in [0, 0.05) is 29.2 Å². The maximum absolute atomic E-state index is 3.48. The standard InChI is InChI=1S/C16H24N2/c1-10(2)15-8-14(9-17-15)7-12(4)16-11(3)6-13(5)18-16/h6,8-10,12,17-18H,7H2,1-5H3. The van der Waals surface area contributed by atoms with E-state index in [1.54, 1.807) is 0 Å². The van der Waals surface area contributed by atoms with Crippen LogP contribution in [0.4, 0.5) is 0 Å². The van der Waals surface area contributed by atoms with Gasteiger partial charge in [0.05, 0.1) is 0 Å². The van der Waals surface area contributed by atoms with Crippen LogP contribution in [-0.2, 0) is 6.42 Å². The van der Waals surface area contributed by atoms with Crippen LogP contribution in [0.25, 0.3) is 0 Å². The second kappa shape index (κ2) is 5.05. The smallest absolute Gasteiger partial charge is 0.0210 e. The molecule has 2 N–H and O–H groups in total. The highest BCUT2D eigenvalue weighted by molar-refractivity contribution is 5.29. The van der Waals surface area contributed by atoms with Gasteiger partial charge < -0.3 is 9.97 Å². The highest BCUT2D eigenvalue weighted by Gasteiger charge is 2.13. The number of aromatic nitrogens is 2. The van der Waals surface area contributed by atoms with E-state index < -0.39 is 0 Å². The molecule has 0 amide bonds. The second-order valence-corrected chi connectivity index (χ2v) is 5.77. The molecule has 0 aliphatic rings. The van der Waals surface area contributed by atoms with Gasteiger partial charge >= 0.3 is 0 Å². The van der Waals surface area contributed by atoms with Crippen LogP contribution in [0.15, 0.2) is 18.3 Å². The van der Waals surface area contributed by atoms with Gasteiger partial charge in [-0.2, -0.15) is 0 Å².